The number of nitrogens with zero attached hydrogens (tertiary/aromatic N) is 3. The van der Waals surface area contributed by atoms with Gasteiger partial charge in [-0.1, -0.05) is 19.8 Å². The molecule has 4 rings (SSSR count). The van der Waals surface area contributed by atoms with Crippen molar-refractivity contribution < 1.29 is 9.59 Å². The molecular formula is C19H22N4O3. The second kappa shape index (κ2) is 5.93. The average Bonchev–Trinajstić information content (AvgIpc) is 2.82. The lowest BCUT2D eigenvalue weighted by atomic mass is 9.73. The molecular weight excluding hydrogens is 332 g/mol. The standard InChI is InChI=1S/C19H22N4O3/c1-12-6-8-22-15(9-12)20-14(10-16(22)24)11-23-17(25)19(21-18(23)26)7-4-3-5-13(19)2/h6,8-10,13H,3-5,7,11H2,1-2H3,(H,21,26)/t13-,19-/m0/s1. The number of hydrogen-bond acceptors (Lipinski definition) is 4. The number of hydrogen-bond donors (Lipinski definition) is 1. The predicted octanol–water partition coefficient (Wildman–Crippen LogP) is 2.00. The van der Waals surface area contributed by atoms with Gasteiger partial charge in [-0.25, -0.2) is 9.78 Å². The number of fused-ring (bicyclic) bond motifs is 1. The Morgan fingerprint density at radius 1 is 1.27 bits per heavy atom. The van der Waals surface area contributed by atoms with E-state index >= 15 is 0 Å². The van der Waals surface area contributed by atoms with Crippen molar-refractivity contribution in [3.8, 4) is 0 Å². The molecule has 3 heterocycles. The molecule has 136 valence electrons. The SMILES string of the molecule is Cc1ccn2c(=O)cc(CN3C(=O)N[C@]4(CCCC[C@@H]4C)C3=O)nc2c1. The van der Waals surface area contributed by atoms with Gasteiger partial charge in [-0.05, 0) is 43.4 Å². The lowest BCUT2D eigenvalue weighted by Gasteiger charge is -2.36. The van der Waals surface area contributed by atoms with Crippen molar-refractivity contribution in [2.75, 3.05) is 0 Å². The zero-order valence-electron chi connectivity index (χ0n) is 15.0. The molecule has 26 heavy (non-hydrogen) atoms. The van der Waals surface area contributed by atoms with Crippen molar-refractivity contribution in [2.45, 2.75) is 51.6 Å². The third-order valence-electron chi connectivity index (χ3n) is 5.70. The lowest BCUT2D eigenvalue weighted by Crippen LogP contribution is -2.53. The maximum atomic E-state index is 13.0. The summed E-state index contributed by atoms with van der Waals surface area (Å²) in [7, 11) is 0. The first kappa shape index (κ1) is 16.8. The molecule has 2 fully saturated rings. The Kier molecular flexibility index (Phi) is 3.82. The second-order valence-electron chi connectivity index (χ2n) is 7.46. The van der Waals surface area contributed by atoms with Crippen LogP contribution in [0.3, 0.4) is 0 Å². The third-order valence-corrected chi connectivity index (χ3v) is 5.70. The molecule has 2 aliphatic rings. The number of rotatable bonds is 2. The van der Waals surface area contributed by atoms with Gasteiger partial charge >= 0.3 is 6.03 Å². The Hall–Kier alpha value is -2.70. The van der Waals surface area contributed by atoms with Crippen LogP contribution in [0, 0.1) is 12.8 Å². The molecule has 1 aliphatic carbocycles. The van der Waals surface area contributed by atoms with E-state index in [1.807, 2.05) is 26.0 Å². The fourth-order valence-electron chi connectivity index (χ4n) is 4.14. The molecule has 1 saturated carbocycles. The van der Waals surface area contributed by atoms with Gasteiger partial charge in [-0.2, -0.15) is 0 Å². The molecule has 2 atom stereocenters. The van der Waals surface area contributed by atoms with E-state index in [9.17, 15) is 14.4 Å². The molecule has 1 spiro atoms. The Balaban J connectivity index is 1.67. The molecule has 1 saturated heterocycles. The summed E-state index contributed by atoms with van der Waals surface area (Å²) < 4.78 is 1.45. The van der Waals surface area contributed by atoms with Crippen molar-refractivity contribution in [3.05, 3.63) is 46.0 Å². The van der Waals surface area contributed by atoms with Crippen molar-refractivity contribution >= 4 is 17.6 Å². The third kappa shape index (κ3) is 2.50. The molecule has 0 aromatic carbocycles. The molecule has 0 bridgehead atoms. The molecule has 7 heteroatoms. The zero-order chi connectivity index (χ0) is 18.5. The first-order chi connectivity index (χ1) is 12.4. The maximum absolute atomic E-state index is 13.0. The highest BCUT2D eigenvalue weighted by Gasteiger charge is 2.54. The Labute approximate surface area is 151 Å². The average molecular weight is 354 g/mol. The minimum Gasteiger partial charge on any atom is -0.323 e. The number of amides is 3. The van der Waals surface area contributed by atoms with Crippen LogP contribution in [0.1, 0.15) is 43.9 Å². The number of aryl methyl sites for hydroxylation is 1. The lowest BCUT2D eigenvalue weighted by molar-refractivity contribution is -0.134. The van der Waals surface area contributed by atoms with Gasteiger partial charge < -0.3 is 5.32 Å². The first-order valence-corrected chi connectivity index (χ1v) is 9.04. The van der Waals surface area contributed by atoms with E-state index in [4.69, 9.17) is 0 Å². The van der Waals surface area contributed by atoms with Crippen LogP contribution in [0.25, 0.3) is 5.65 Å². The van der Waals surface area contributed by atoms with Crippen molar-refractivity contribution in [1.29, 1.82) is 0 Å². The number of nitrogens with one attached hydrogen (secondary N) is 1. The van der Waals surface area contributed by atoms with Gasteiger partial charge in [0.05, 0.1) is 12.2 Å². The topological polar surface area (TPSA) is 83.8 Å². The van der Waals surface area contributed by atoms with E-state index in [2.05, 4.69) is 10.3 Å². The van der Waals surface area contributed by atoms with Crippen LogP contribution >= 0.6 is 0 Å². The molecule has 1 aliphatic heterocycles. The van der Waals surface area contributed by atoms with Crippen molar-refractivity contribution in [3.63, 3.8) is 0 Å². The summed E-state index contributed by atoms with van der Waals surface area (Å²) >= 11 is 0. The van der Waals surface area contributed by atoms with E-state index in [0.717, 1.165) is 24.8 Å². The number of imide groups is 1. The summed E-state index contributed by atoms with van der Waals surface area (Å²) in [6.45, 7) is 3.95. The minimum absolute atomic E-state index is 0.0127. The monoisotopic (exact) mass is 354 g/mol. The quantitative estimate of drug-likeness (QED) is 0.836. The van der Waals surface area contributed by atoms with Crippen LogP contribution in [0.5, 0.6) is 0 Å². The summed E-state index contributed by atoms with van der Waals surface area (Å²) in [5.74, 6) is -0.0866. The number of urea groups is 1. The van der Waals surface area contributed by atoms with Crippen LogP contribution < -0.4 is 10.9 Å². The molecule has 1 N–H and O–H groups in total. The fraction of sp³-hybridized carbons (Fsp3) is 0.474. The van der Waals surface area contributed by atoms with Crippen LogP contribution in [0.15, 0.2) is 29.2 Å². The maximum Gasteiger partial charge on any atom is 0.325 e. The number of carbonyl (C=O) groups excluding carboxylic acids is 2. The largest absolute Gasteiger partial charge is 0.325 e. The molecule has 2 aromatic heterocycles. The summed E-state index contributed by atoms with van der Waals surface area (Å²) in [6.07, 6.45) is 5.28. The van der Waals surface area contributed by atoms with Crippen LogP contribution in [-0.4, -0.2) is 31.8 Å². The number of pyridine rings is 1. The molecule has 2 aromatic rings. The van der Waals surface area contributed by atoms with E-state index < -0.39 is 11.6 Å². The molecule has 3 amide bonds. The highest BCUT2D eigenvalue weighted by molar-refractivity contribution is 6.07. The molecule has 0 radical (unpaired) electrons. The van der Waals surface area contributed by atoms with Gasteiger partial charge in [0.1, 0.15) is 11.2 Å². The zero-order valence-corrected chi connectivity index (χ0v) is 15.0. The van der Waals surface area contributed by atoms with Gasteiger partial charge in [-0.15, -0.1) is 0 Å². The first-order valence-electron chi connectivity index (χ1n) is 9.04. The van der Waals surface area contributed by atoms with Gasteiger partial charge in [0.2, 0.25) is 0 Å². The van der Waals surface area contributed by atoms with Gasteiger partial charge in [0, 0.05) is 12.3 Å². The fourth-order valence-corrected chi connectivity index (χ4v) is 4.14. The van der Waals surface area contributed by atoms with Crippen LogP contribution in [0.4, 0.5) is 4.79 Å². The normalized spacial score (nSPS) is 25.9. The molecule has 0 unspecified atom stereocenters. The molecule has 7 nitrogen and oxygen atoms in total. The van der Waals surface area contributed by atoms with E-state index in [-0.39, 0.29) is 23.9 Å². The highest BCUT2D eigenvalue weighted by Crippen LogP contribution is 2.38. The van der Waals surface area contributed by atoms with Gasteiger partial charge in [0.25, 0.3) is 11.5 Å². The predicted molar refractivity (Wildman–Crippen MR) is 95.6 cm³/mol. The van der Waals surface area contributed by atoms with E-state index in [1.165, 1.54) is 15.4 Å². The highest BCUT2D eigenvalue weighted by atomic mass is 16.2. The number of aromatic nitrogens is 2. The number of carbonyl (C=O) groups is 2. The summed E-state index contributed by atoms with van der Waals surface area (Å²) in [5, 5.41) is 2.93. The van der Waals surface area contributed by atoms with Crippen molar-refractivity contribution in [1.82, 2.24) is 19.6 Å². The summed E-state index contributed by atoms with van der Waals surface area (Å²) in [6, 6.07) is 4.64. The Morgan fingerprint density at radius 3 is 2.85 bits per heavy atom. The Morgan fingerprint density at radius 2 is 2.08 bits per heavy atom. The summed E-state index contributed by atoms with van der Waals surface area (Å²) in [4.78, 5) is 43.5. The van der Waals surface area contributed by atoms with Crippen LogP contribution in [-0.2, 0) is 11.3 Å². The van der Waals surface area contributed by atoms with Crippen molar-refractivity contribution in [2.24, 2.45) is 5.92 Å². The second-order valence-corrected chi connectivity index (χ2v) is 7.46. The van der Waals surface area contributed by atoms with Gasteiger partial charge in [0.15, 0.2) is 0 Å². The van der Waals surface area contributed by atoms with E-state index in [0.29, 0.717) is 17.8 Å². The van der Waals surface area contributed by atoms with Gasteiger partial charge in [-0.3, -0.25) is 18.9 Å². The Bertz CT molecular complexity index is 967. The van der Waals surface area contributed by atoms with Crippen LogP contribution in [0.2, 0.25) is 0 Å². The van der Waals surface area contributed by atoms with E-state index in [1.54, 1.807) is 6.20 Å². The smallest absolute Gasteiger partial charge is 0.323 e. The minimum atomic E-state index is -0.794. The summed E-state index contributed by atoms with van der Waals surface area (Å²) in [5.41, 5.74) is 0.902.